The van der Waals surface area contributed by atoms with E-state index in [2.05, 4.69) is 10.5 Å². The minimum Gasteiger partial charge on any atom is -0.482 e. The van der Waals surface area contributed by atoms with Crippen LogP contribution in [-0.4, -0.2) is 51.5 Å². The van der Waals surface area contributed by atoms with E-state index in [1.54, 1.807) is 64.1 Å². The molecular weight excluding hydrogens is 458 g/mol. The van der Waals surface area contributed by atoms with Gasteiger partial charge < -0.3 is 9.47 Å². The molecule has 0 radical (unpaired) electrons. The molecule has 0 bridgehead atoms. The number of esters is 1. The molecule has 10 heteroatoms. The van der Waals surface area contributed by atoms with Crippen molar-refractivity contribution in [1.82, 2.24) is 5.43 Å². The number of hydrazone groups is 1. The Morgan fingerprint density at radius 3 is 2.29 bits per heavy atom. The molecule has 0 fully saturated rings. The van der Waals surface area contributed by atoms with Crippen molar-refractivity contribution >= 4 is 33.8 Å². The van der Waals surface area contributed by atoms with Crippen molar-refractivity contribution in [2.75, 3.05) is 23.7 Å². The van der Waals surface area contributed by atoms with Crippen molar-refractivity contribution in [2.45, 2.75) is 40.2 Å². The highest BCUT2D eigenvalue weighted by atomic mass is 32.2. The number of carbonyl (C=O) groups excluding carboxylic acids is 2. The number of benzene rings is 2. The fourth-order valence-corrected chi connectivity index (χ4v) is 3.89. The van der Waals surface area contributed by atoms with Gasteiger partial charge in [0, 0.05) is 0 Å². The molecule has 0 aliphatic heterocycles. The highest BCUT2D eigenvalue weighted by Gasteiger charge is 2.22. The van der Waals surface area contributed by atoms with E-state index in [-0.39, 0.29) is 6.61 Å². The van der Waals surface area contributed by atoms with Crippen LogP contribution in [0.5, 0.6) is 5.75 Å². The Morgan fingerprint density at radius 1 is 1.09 bits per heavy atom. The average molecular weight is 490 g/mol. The minimum absolute atomic E-state index is 0.210. The van der Waals surface area contributed by atoms with Gasteiger partial charge in [0.1, 0.15) is 17.9 Å². The highest BCUT2D eigenvalue weighted by Crippen LogP contribution is 2.23. The van der Waals surface area contributed by atoms with Gasteiger partial charge in [-0.1, -0.05) is 17.7 Å². The summed E-state index contributed by atoms with van der Waals surface area (Å²) in [5, 5.41) is 3.89. The summed E-state index contributed by atoms with van der Waals surface area (Å²) in [6, 6.07) is 12.0. The van der Waals surface area contributed by atoms with E-state index in [0.717, 1.165) is 21.7 Å². The smallest absolute Gasteiger partial charge is 0.344 e. The van der Waals surface area contributed by atoms with E-state index in [4.69, 9.17) is 9.47 Å². The summed E-state index contributed by atoms with van der Waals surface area (Å²) in [6.45, 7) is 8.41. The summed E-state index contributed by atoms with van der Waals surface area (Å²) in [4.78, 5) is 24.1. The van der Waals surface area contributed by atoms with Crippen LogP contribution in [0, 0.1) is 13.8 Å². The summed E-state index contributed by atoms with van der Waals surface area (Å²) in [7, 11) is -3.68. The fourth-order valence-electron chi connectivity index (χ4n) is 2.97. The number of ether oxygens (including phenoxy) is 2. The van der Waals surface area contributed by atoms with E-state index < -0.39 is 34.0 Å². The Balaban J connectivity index is 1.94. The van der Waals surface area contributed by atoms with Crippen molar-refractivity contribution in [3.8, 4) is 5.75 Å². The molecule has 0 aliphatic carbocycles. The molecule has 0 saturated heterocycles. The van der Waals surface area contributed by atoms with Crippen molar-refractivity contribution in [3.63, 3.8) is 0 Å². The van der Waals surface area contributed by atoms with E-state index >= 15 is 0 Å². The molecule has 2 rings (SSSR count). The molecule has 0 atom stereocenters. The van der Waals surface area contributed by atoms with Crippen LogP contribution in [0.4, 0.5) is 5.69 Å². The van der Waals surface area contributed by atoms with Gasteiger partial charge in [-0.25, -0.2) is 18.6 Å². The Labute approximate surface area is 200 Å². The quantitative estimate of drug-likeness (QED) is 0.329. The van der Waals surface area contributed by atoms with E-state index in [1.807, 2.05) is 13.0 Å². The lowest BCUT2D eigenvalue weighted by molar-refractivity contribution is -0.157. The molecular formula is C24H31N3O6S. The zero-order valence-electron chi connectivity index (χ0n) is 20.3. The number of anilines is 1. The van der Waals surface area contributed by atoms with Crippen LogP contribution >= 0.6 is 0 Å². The monoisotopic (exact) mass is 489 g/mol. The van der Waals surface area contributed by atoms with Crippen LogP contribution < -0.4 is 14.5 Å². The molecule has 0 aliphatic rings. The topological polar surface area (TPSA) is 114 Å². The molecule has 0 spiro atoms. The van der Waals surface area contributed by atoms with Gasteiger partial charge in [0.25, 0.3) is 5.91 Å². The maximum absolute atomic E-state index is 12.3. The number of amides is 1. The first kappa shape index (κ1) is 26.8. The molecule has 0 saturated carbocycles. The lowest BCUT2D eigenvalue weighted by atomic mass is 10.1. The normalized spacial score (nSPS) is 11.8. The highest BCUT2D eigenvalue weighted by molar-refractivity contribution is 7.92. The fraction of sp³-hybridized carbons (Fsp3) is 0.375. The SMILES string of the molecule is Cc1ccc(N(CC(=O)N/N=C\c2ccc(OCC(=O)OC(C)(C)C)cc2)S(C)(=O)=O)c(C)c1. The molecule has 2 aromatic carbocycles. The third-order valence-electron chi connectivity index (χ3n) is 4.37. The van der Waals surface area contributed by atoms with Gasteiger partial charge in [0.05, 0.1) is 18.2 Å². The number of hydrogen-bond acceptors (Lipinski definition) is 7. The van der Waals surface area contributed by atoms with Gasteiger partial charge in [-0.2, -0.15) is 5.10 Å². The maximum Gasteiger partial charge on any atom is 0.344 e. The second kappa shape index (κ2) is 11.1. The number of hydrogen-bond donors (Lipinski definition) is 1. The third-order valence-corrected chi connectivity index (χ3v) is 5.49. The Bertz CT molecular complexity index is 1150. The Kier molecular flexibility index (Phi) is 8.80. The van der Waals surface area contributed by atoms with Gasteiger partial charge in [0.15, 0.2) is 6.61 Å². The predicted octanol–water partition coefficient (Wildman–Crippen LogP) is 2.94. The van der Waals surface area contributed by atoms with Crippen molar-refractivity contribution in [1.29, 1.82) is 0 Å². The molecule has 34 heavy (non-hydrogen) atoms. The van der Waals surface area contributed by atoms with Crippen LogP contribution in [0.3, 0.4) is 0 Å². The second-order valence-corrected chi connectivity index (χ2v) is 10.7. The van der Waals surface area contributed by atoms with Crippen LogP contribution in [0.2, 0.25) is 0 Å². The largest absolute Gasteiger partial charge is 0.482 e. The van der Waals surface area contributed by atoms with Gasteiger partial charge in [0.2, 0.25) is 10.0 Å². The summed E-state index contributed by atoms with van der Waals surface area (Å²) in [5.74, 6) is -0.576. The van der Waals surface area contributed by atoms with Crippen LogP contribution in [-0.2, 0) is 24.3 Å². The molecule has 1 N–H and O–H groups in total. The van der Waals surface area contributed by atoms with Gasteiger partial charge in [-0.05, 0) is 76.1 Å². The zero-order chi connectivity index (χ0) is 25.5. The minimum atomic E-state index is -3.68. The van der Waals surface area contributed by atoms with Crippen molar-refractivity contribution in [2.24, 2.45) is 5.10 Å². The van der Waals surface area contributed by atoms with Crippen LogP contribution in [0.15, 0.2) is 47.6 Å². The molecule has 1 amide bonds. The van der Waals surface area contributed by atoms with E-state index in [0.29, 0.717) is 17.0 Å². The van der Waals surface area contributed by atoms with Gasteiger partial charge in [-0.15, -0.1) is 0 Å². The molecule has 0 heterocycles. The zero-order valence-corrected chi connectivity index (χ0v) is 21.1. The van der Waals surface area contributed by atoms with Crippen molar-refractivity contribution < 1.29 is 27.5 Å². The molecule has 2 aromatic rings. The first-order chi connectivity index (χ1) is 15.7. The molecule has 184 valence electrons. The lowest BCUT2D eigenvalue weighted by Gasteiger charge is -2.23. The Hall–Kier alpha value is -3.40. The second-order valence-electron chi connectivity index (χ2n) is 8.80. The number of rotatable bonds is 9. The van der Waals surface area contributed by atoms with Gasteiger partial charge >= 0.3 is 5.97 Å². The number of nitrogens with one attached hydrogen (secondary N) is 1. The third kappa shape index (κ3) is 8.86. The first-order valence-electron chi connectivity index (χ1n) is 10.6. The molecule has 0 aromatic heterocycles. The molecule has 0 unspecified atom stereocenters. The molecule has 9 nitrogen and oxygen atoms in total. The van der Waals surface area contributed by atoms with Crippen LogP contribution in [0.25, 0.3) is 0 Å². The summed E-state index contributed by atoms with van der Waals surface area (Å²) in [6.07, 6.45) is 2.47. The first-order valence-corrected chi connectivity index (χ1v) is 12.4. The number of carbonyl (C=O) groups is 2. The lowest BCUT2D eigenvalue weighted by Crippen LogP contribution is -2.39. The van der Waals surface area contributed by atoms with E-state index in [1.165, 1.54) is 6.21 Å². The van der Waals surface area contributed by atoms with Crippen molar-refractivity contribution in [3.05, 3.63) is 59.2 Å². The average Bonchev–Trinajstić information content (AvgIpc) is 2.70. The van der Waals surface area contributed by atoms with Gasteiger partial charge in [-0.3, -0.25) is 9.10 Å². The summed E-state index contributed by atoms with van der Waals surface area (Å²) < 4.78 is 36.1. The summed E-state index contributed by atoms with van der Waals surface area (Å²) in [5.41, 5.74) is 4.60. The standard InChI is InChI=1S/C24H31N3O6S/c1-17-7-12-21(18(2)13-17)27(34(6,30)31)15-22(28)26-25-14-19-8-10-20(11-9-19)32-16-23(29)33-24(3,4)5/h7-14H,15-16H2,1-6H3,(H,26,28)/b25-14-. The van der Waals surface area contributed by atoms with Crippen LogP contribution in [0.1, 0.15) is 37.5 Å². The van der Waals surface area contributed by atoms with E-state index in [9.17, 15) is 18.0 Å². The maximum atomic E-state index is 12.3. The predicted molar refractivity (Wildman–Crippen MR) is 132 cm³/mol. The number of nitrogens with zero attached hydrogens (tertiary/aromatic N) is 2. The summed E-state index contributed by atoms with van der Waals surface area (Å²) >= 11 is 0. The Morgan fingerprint density at radius 2 is 1.74 bits per heavy atom. The number of aryl methyl sites for hydroxylation is 2. The number of sulfonamides is 1.